The number of imidazole rings is 1. The minimum Gasteiger partial charge on any atom is -0.308 e. The highest BCUT2D eigenvalue weighted by Gasteiger charge is 2.22. The van der Waals surface area contributed by atoms with Crippen LogP contribution in [0.2, 0.25) is 0 Å². The molecule has 18 heavy (non-hydrogen) atoms. The van der Waals surface area contributed by atoms with E-state index < -0.39 is 0 Å². The molecule has 2 heterocycles. The molecule has 3 rings (SSSR count). The molecule has 0 aliphatic heterocycles. The molecule has 0 spiro atoms. The summed E-state index contributed by atoms with van der Waals surface area (Å²) in [6.07, 6.45) is 4.75. The van der Waals surface area contributed by atoms with Gasteiger partial charge in [-0.1, -0.05) is 19.9 Å². The van der Waals surface area contributed by atoms with Crippen molar-refractivity contribution in [2.45, 2.75) is 49.6 Å². The Kier molecular flexibility index (Phi) is 3.31. The van der Waals surface area contributed by atoms with Crippen LogP contribution >= 0.6 is 11.8 Å². The molecule has 0 bridgehead atoms. The van der Waals surface area contributed by atoms with Crippen molar-refractivity contribution in [3.63, 3.8) is 0 Å². The van der Waals surface area contributed by atoms with E-state index >= 15 is 0 Å². The Labute approximate surface area is 112 Å². The van der Waals surface area contributed by atoms with Gasteiger partial charge in [0.2, 0.25) is 0 Å². The van der Waals surface area contributed by atoms with Gasteiger partial charge in [-0.25, -0.2) is 4.98 Å². The Morgan fingerprint density at radius 2 is 2.28 bits per heavy atom. The van der Waals surface area contributed by atoms with Crippen molar-refractivity contribution < 1.29 is 0 Å². The lowest BCUT2D eigenvalue weighted by Crippen LogP contribution is -2.17. The largest absolute Gasteiger partial charge is 0.308 e. The van der Waals surface area contributed by atoms with Gasteiger partial charge in [-0.15, -0.1) is 11.8 Å². The first-order chi connectivity index (χ1) is 8.74. The maximum atomic E-state index is 4.74. The number of thioether (sulfide) groups is 1. The summed E-state index contributed by atoms with van der Waals surface area (Å²) in [6, 6.07) is 6.92. The average Bonchev–Trinajstić information content (AvgIpc) is 3.09. The van der Waals surface area contributed by atoms with Crippen molar-refractivity contribution in [2.24, 2.45) is 0 Å². The normalized spacial score (nSPS) is 15.7. The van der Waals surface area contributed by atoms with Crippen LogP contribution in [-0.2, 0) is 6.54 Å². The Hall–Kier alpha value is -1.00. The van der Waals surface area contributed by atoms with Gasteiger partial charge in [0, 0.05) is 24.0 Å². The molecule has 0 radical (unpaired) electrons. The topological polar surface area (TPSA) is 29.3 Å². The quantitative estimate of drug-likeness (QED) is 0.839. The molecule has 0 saturated heterocycles. The number of pyridine rings is 1. The molecule has 3 nitrogen and oxygen atoms in total. The van der Waals surface area contributed by atoms with Crippen molar-refractivity contribution in [2.75, 3.05) is 0 Å². The van der Waals surface area contributed by atoms with Gasteiger partial charge in [0.25, 0.3) is 0 Å². The van der Waals surface area contributed by atoms with Crippen LogP contribution in [0.15, 0.2) is 29.4 Å². The van der Waals surface area contributed by atoms with Gasteiger partial charge < -0.3 is 9.72 Å². The lowest BCUT2D eigenvalue weighted by atomic mass is 10.4. The number of rotatable bonds is 5. The van der Waals surface area contributed by atoms with Gasteiger partial charge in [0.05, 0.1) is 5.69 Å². The Bertz CT molecular complexity index is 543. The predicted octanol–water partition coefficient (Wildman–Crippen LogP) is 3.09. The van der Waals surface area contributed by atoms with Crippen LogP contribution in [0.4, 0.5) is 0 Å². The van der Waals surface area contributed by atoms with Crippen molar-refractivity contribution in [3.8, 4) is 0 Å². The second-order valence-corrected chi connectivity index (χ2v) is 6.68. The van der Waals surface area contributed by atoms with E-state index in [1.807, 2.05) is 17.8 Å². The third kappa shape index (κ3) is 2.54. The molecule has 2 aromatic heterocycles. The minimum atomic E-state index is 0.564. The highest BCUT2D eigenvalue weighted by Crippen LogP contribution is 2.28. The first kappa shape index (κ1) is 12.1. The summed E-state index contributed by atoms with van der Waals surface area (Å²) in [5.74, 6) is 0. The predicted molar refractivity (Wildman–Crippen MR) is 76.0 cm³/mol. The third-order valence-corrected chi connectivity index (χ3v) is 4.10. The average molecular weight is 261 g/mol. The summed E-state index contributed by atoms with van der Waals surface area (Å²) in [5.41, 5.74) is 2.35. The third-order valence-electron chi connectivity index (χ3n) is 3.07. The van der Waals surface area contributed by atoms with Crippen molar-refractivity contribution >= 4 is 17.4 Å². The van der Waals surface area contributed by atoms with Crippen LogP contribution in [0.5, 0.6) is 0 Å². The van der Waals surface area contributed by atoms with E-state index in [-0.39, 0.29) is 0 Å². The second kappa shape index (κ2) is 4.94. The first-order valence-corrected chi connectivity index (χ1v) is 7.48. The van der Waals surface area contributed by atoms with E-state index in [4.69, 9.17) is 4.98 Å². The Morgan fingerprint density at radius 1 is 1.44 bits per heavy atom. The SMILES string of the molecule is CC(C)Sc1nc2ccccn2c1CNC1CC1. The highest BCUT2D eigenvalue weighted by molar-refractivity contribution is 7.99. The molecule has 1 aliphatic carbocycles. The van der Waals surface area contributed by atoms with Gasteiger partial charge in [-0.3, -0.25) is 0 Å². The Balaban J connectivity index is 1.93. The van der Waals surface area contributed by atoms with Crippen LogP contribution < -0.4 is 5.32 Å². The van der Waals surface area contributed by atoms with Gasteiger partial charge >= 0.3 is 0 Å². The molecule has 0 unspecified atom stereocenters. The van der Waals surface area contributed by atoms with E-state index in [1.54, 1.807) is 0 Å². The van der Waals surface area contributed by atoms with Crippen molar-refractivity contribution in [3.05, 3.63) is 30.1 Å². The molecule has 0 aromatic carbocycles. The molecule has 1 N–H and O–H groups in total. The smallest absolute Gasteiger partial charge is 0.138 e. The molecule has 2 aromatic rings. The second-order valence-electron chi connectivity index (χ2n) is 5.11. The van der Waals surface area contributed by atoms with E-state index in [0.29, 0.717) is 5.25 Å². The molecule has 1 saturated carbocycles. The zero-order valence-electron chi connectivity index (χ0n) is 10.9. The summed E-state index contributed by atoms with van der Waals surface area (Å²) in [5, 5.41) is 5.33. The first-order valence-electron chi connectivity index (χ1n) is 6.60. The van der Waals surface area contributed by atoms with Gasteiger partial charge in [0.15, 0.2) is 0 Å². The fraction of sp³-hybridized carbons (Fsp3) is 0.500. The van der Waals surface area contributed by atoms with Gasteiger partial charge in [0.1, 0.15) is 10.7 Å². The molecular weight excluding hydrogens is 242 g/mol. The van der Waals surface area contributed by atoms with E-state index in [1.165, 1.54) is 23.6 Å². The zero-order valence-corrected chi connectivity index (χ0v) is 11.7. The Morgan fingerprint density at radius 3 is 3.00 bits per heavy atom. The number of aromatic nitrogens is 2. The van der Waals surface area contributed by atoms with Crippen molar-refractivity contribution in [1.29, 1.82) is 0 Å². The number of nitrogens with one attached hydrogen (secondary N) is 1. The summed E-state index contributed by atoms with van der Waals surface area (Å²) < 4.78 is 2.21. The van der Waals surface area contributed by atoms with Crippen LogP contribution in [0.1, 0.15) is 32.4 Å². The molecule has 1 fully saturated rings. The van der Waals surface area contributed by atoms with Crippen LogP contribution in [0, 0.1) is 0 Å². The summed E-state index contributed by atoms with van der Waals surface area (Å²) in [7, 11) is 0. The number of hydrogen-bond acceptors (Lipinski definition) is 3. The lowest BCUT2D eigenvalue weighted by Gasteiger charge is -2.07. The van der Waals surface area contributed by atoms with E-state index in [0.717, 1.165) is 18.2 Å². The molecule has 1 aliphatic rings. The standard InChI is InChI=1S/C14H19N3S/c1-10(2)18-14-12(9-15-11-6-7-11)17-8-4-3-5-13(17)16-14/h3-5,8,10-11,15H,6-7,9H2,1-2H3. The van der Waals surface area contributed by atoms with Crippen LogP contribution in [0.3, 0.4) is 0 Å². The minimum absolute atomic E-state index is 0.564. The van der Waals surface area contributed by atoms with Crippen molar-refractivity contribution in [1.82, 2.24) is 14.7 Å². The molecule has 0 atom stereocenters. The number of fused-ring (bicyclic) bond motifs is 1. The fourth-order valence-corrected chi connectivity index (χ4v) is 2.93. The summed E-state index contributed by atoms with van der Waals surface area (Å²) in [6.45, 7) is 5.35. The monoisotopic (exact) mass is 261 g/mol. The molecule has 0 amide bonds. The summed E-state index contributed by atoms with van der Waals surface area (Å²) >= 11 is 1.85. The maximum Gasteiger partial charge on any atom is 0.138 e. The van der Waals surface area contributed by atoms with Gasteiger partial charge in [-0.05, 0) is 25.0 Å². The molecule has 96 valence electrons. The van der Waals surface area contributed by atoms with Crippen LogP contribution in [0.25, 0.3) is 5.65 Å². The fourth-order valence-electron chi connectivity index (χ4n) is 2.03. The van der Waals surface area contributed by atoms with E-state index in [9.17, 15) is 0 Å². The molecular formula is C14H19N3S. The lowest BCUT2D eigenvalue weighted by molar-refractivity contribution is 0.660. The highest BCUT2D eigenvalue weighted by atomic mass is 32.2. The van der Waals surface area contributed by atoms with Crippen LogP contribution in [-0.4, -0.2) is 20.7 Å². The maximum absolute atomic E-state index is 4.74. The molecule has 4 heteroatoms. The zero-order chi connectivity index (χ0) is 12.5. The number of nitrogens with zero attached hydrogens (tertiary/aromatic N) is 2. The summed E-state index contributed by atoms with van der Waals surface area (Å²) in [4.78, 5) is 4.74. The van der Waals surface area contributed by atoms with Gasteiger partial charge in [-0.2, -0.15) is 0 Å². The number of hydrogen-bond donors (Lipinski definition) is 1. The van der Waals surface area contributed by atoms with E-state index in [2.05, 4.69) is 41.9 Å².